The van der Waals surface area contributed by atoms with E-state index in [-0.39, 0.29) is 11.4 Å². The summed E-state index contributed by atoms with van der Waals surface area (Å²) in [5.74, 6) is 0. The fraction of sp³-hybridized carbons (Fsp3) is 0.400. The van der Waals surface area contributed by atoms with Crippen molar-refractivity contribution in [2.24, 2.45) is 0 Å². The summed E-state index contributed by atoms with van der Waals surface area (Å²) in [6, 6.07) is 2.32. The Morgan fingerprint density at radius 1 is 1.11 bits per heavy atom. The minimum Gasteiger partial charge on any atom is -0.365 e. The molecule has 0 aliphatic carbocycles. The van der Waals surface area contributed by atoms with Gasteiger partial charge in [-0.3, -0.25) is 20.2 Å². The van der Waals surface area contributed by atoms with Crippen molar-refractivity contribution in [3.63, 3.8) is 0 Å². The molecule has 96 valence electrons. The van der Waals surface area contributed by atoms with Gasteiger partial charge in [0.2, 0.25) is 0 Å². The minimum atomic E-state index is -0.633. The van der Waals surface area contributed by atoms with Crippen LogP contribution in [0.3, 0.4) is 0 Å². The molecule has 0 N–H and O–H groups in total. The van der Waals surface area contributed by atoms with Gasteiger partial charge in [-0.2, -0.15) is 0 Å². The standard InChI is InChI=1S/C10H10BrN3O4/c11-8-5-7(13(15)16)6-9(14(17)18)10(8)12-3-1-2-4-12/h5-6H,1-4H2. The van der Waals surface area contributed by atoms with Crippen LogP contribution in [-0.2, 0) is 0 Å². The van der Waals surface area contributed by atoms with Crippen LogP contribution >= 0.6 is 15.9 Å². The highest BCUT2D eigenvalue weighted by molar-refractivity contribution is 9.10. The summed E-state index contributed by atoms with van der Waals surface area (Å²) in [5.41, 5.74) is -0.0717. The second-order valence-electron chi connectivity index (χ2n) is 4.00. The van der Waals surface area contributed by atoms with E-state index in [1.807, 2.05) is 4.90 Å². The van der Waals surface area contributed by atoms with Crippen molar-refractivity contribution in [2.75, 3.05) is 18.0 Å². The third kappa shape index (κ3) is 2.28. The van der Waals surface area contributed by atoms with Crippen molar-refractivity contribution in [3.8, 4) is 0 Å². The molecular weight excluding hydrogens is 306 g/mol. The van der Waals surface area contributed by atoms with E-state index >= 15 is 0 Å². The predicted octanol–water partition coefficient (Wildman–Crippen LogP) is 2.87. The molecule has 8 heteroatoms. The molecule has 0 radical (unpaired) electrons. The van der Waals surface area contributed by atoms with Gasteiger partial charge in [-0.25, -0.2) is 0 Å². The van der Waals surface area contributed by atoms with Crippen LogP contribution < -0.4 is 4.90 Å². The molecule has 0 saturated carbocycles. The fourth-order valence-corrected chi connectivity index (χ4v) is 2.76. The van der Waals surface area contributed by atoms with Crippen LogP contribution in [0.15, 0.2) is 16.6 Å². The third-order valence-corrected chi connectivity index (χ3v) is 3.46. The Morgan fingerprint density at radius 3 is 2.22 bits per heavy atom. The zero-order valence-electron chi connectivity index (χ0n) is 9.34. The summed E-state index contributed by atoms with van der Waals surface area (Å²) in [6.45, 7) is 1.47. The average Bonchev–Trinajstić information content (AvgIpc) is 2.80. The summed E-state index contributed by atoms with van der Waals surface area (Å²) in [5, 5.41) is 21.8. The van der Waals surface area contributed by atoms with E-state index < -0.39 is 9.85 Å². The molecule has 18 heavy (non-hydrogen) atoms. The van der Waals surface area contributed by atoms with Crippen LogP contribution in [0.2, 0.25) is 0 Å². The lowest BCUT2D eigenvalue weighted by Crippen LogP contribution is -2.19. The van der Waals surface area contributed by atoms with E-state index in [2.05, 4.69) is 15.9 Å². The van der Waals surface area contributed by atoms with Gasteiger partial charge in [0, 0.05) is 19.2 Å². The van der Waals surface area contributed by atoms with Gasteiger partial charge >= 0.3 is 5.69 Å². The lowest BCUT2D eigenvalue weighted by molar-refractivity contribution is -0.393. The van der Waals surface area contributed by atoms with Crippen LogP contribution in [0.1, 0.15) is 12.8 Å². The van der Waals surface area contributed by atoms with Crippen LogP contribution in [0, 0.1) is 20.2 Å². The molecule has 0 atom stereocenters. The number of nitro benzene ring substituents is 2. The second-order valence-corrected chi connectivity index (χ2v) is 4.86. The molecule has 0 amide bonds. The number of halogens is 1. The molecule has 0 spiro atoms. The van der Waals surface area contributed by atoms with Crippen LogP contribution in [0.4, 0.5) is 17.1 Å². The first-order valence-corrected chi connectivity index (χ1v) is 6.17. The van der Waals surface area contributed by atoms with Crippen molar-refractivity contribution < 1.29 is 9.85 Å². The Kier molecular flexibility index (Phi) is 3.46. The minimum absolute atomic E-state index is 0.224. The van der Waals surface area contributed by atoms with Crippen LogP contribution in [0.5, 0.6) is 0 Å². The molecular formula is C10H10BrN3O4. The van der Waals surface area contributed by atoms with E-state index in [1.165, 1.54) is 6.07 Å². The van der Waals surface area contributed by atoms with E-state index in [4.69, 9.17) is 0 Å². The van der Waals surface area contributed by atoms with Gasteiger partial charge in [0.25, 0.3) is 5.69 Å². The molecule has 7 nitrogen and oxygen atoms in total. The lowest BCUT2D eigenvalue weighted by Gasteiger charge is -2.18. The van der Waals surface area contributed by atoms with Gasteiger partial charge in [-0.05, 0) is 28.8 Å². The number of nitro groups is 2. The van der Waals surface area contributed by atoms with E-state index in [9.17, 15) is 20.2 Å². The Morgan fingerprint density at radius 2 is 1.72 bits per heavy atom. The molecule has 1 saturated heterocycles. The van der Waals surface area contributed by atoms with Gasteiger partial charge in [0.05, 0.1) is 20.4 Å². The predicted molar refractivity (Wildman–Crippen MR) is 68.9 cm³/mol. The number of anilines is 1. The highest BCUT2D eigenvalue weighted by Crippen LogP contribution is 2.40. The zero-order valence-corrected chi connectivity index (χ0v) is 10.9. The maximum atomic E-state index is 11.0. The van der Waals surface area contributed by atoms with Crippen LogP contribution in [-0.4, -0.2) is 22.9 Å². The van der Waals surface area contributed by atoms with E-state index in [0.29, 0.717) is 10.2 Å². The Bertz CT molecular complexity index is 514. The first kappa shape index (κ1) is 12.7. The quantitative estimate of drug-likeness (QED) is 0.632. The second kappa shape index (κ2) is 4.89. The molecule has 0 bridgehead atoms. The van der Waals surface area contributed by atoms with Crippen molar-refractivity contribution in [2.45, 2.75) is 12.8 Å². The third-order valence-electron chi connectivity index (χ3n) is 2.86. The molecule has 1 heterocycles. The number of benzene rings is 1. The van der Waals surface area contributed by atoms with Gasteiger partial charge in [-0.1, -0.05) is 0 Å². The molecule has 0 aromatic heterocycles. The van der Waals surface area contributed by atoms with Gasteiger partial charge in [0.1, 0.15) is 5.69 Å². The SMILES string of the molecule is O=[N+]([O-])c1cc(Br)c(N2CCCC2)c([N+](=O)[O-])c1. The summed E-state index contributed by atoms with van der Waals surface area (Å²) in [4.78, 5) is 22.4. The molecule has 0 unspecified atom stereocenters. The maximum absolute atomic E-state index is 11.0. The van der Waals surface area contributed by atoms with E-state index in [1.54, 1.807) is 0 Å². The first-order chi connectivity index (χ1) is 8.50. The summed E-state index contributed by atoms with van der Waals surface area (Å²) in [7, 11) is 0. The Labute approximate surface area is 111 Å². The smallest absolute Gasteiger partial charge is 0.300 e. The Balaban J connectivity index is 2.56. The van der Waals surface area contributed by atoms with Crippen LogP contribution in [0.25, 0.3) is 0 Å². The maximum Gasteiger partial charge on any atom is 0.300 e. The topological polar surface area (TPSA) is 89.5 Å². The number of hydrogen-bond acceptors (Lipinski definition) is 5. The largest absolute Gasteiger partial charge is 0.365 e. The van der Waals surface area contributed by atoms with Gasteiger partial charge < -0.3 is 4.90 Å². The Hall–Kier alpha value is -1.70. The molecule has 1 aromatic carbocycles. The number of nitrogens with zero attached hydrogens (tertiary/aromatic N) is 3. The highest BCUT2D eigenvalue weighted by Gasteiger charge is 2.28. The van der Waals surface area contributed by atoms with Crippen molar-refractivity contribution in [1.82, 2.24) is 0 Å². The summed E-state index contributed by atoms with van der Waals surface area (Å²) in [6.07, 6.45) is 1.95. The lowest BCUT2D eigenvalue weighted by atomic mass is 10.2. The number of hydrogen-bond donors (Lipinski definition) is 0. The normalized spacial score (nSPS) is 14.8. The number of non-ortho nitro benzene ring substituents is 1. The van der Waals surface area contributed by atoms with Gasteiger partial charge in [-0.15, -0.1) is 0 Å². The first-order valence-electron chi connectivity index (χ1n) is 5.38. The van der Waals surface area contributed by atoms with Gasteiger partial charge in [0.15, 0.2) is 0 Å². The van der Waals surface area contributed by atoms with E-state index in [0.717, 1.165) is 32.0 Å². The monoisotopic (exact) mass is 315 g/mol. The van der Waals surface area contributed by atoms with Crippen molar-refractivity contribution in [1.29, 1.82) is 0 Å². The molecule has 2 rings (SSSR count). The number of rotatable bonds is 3. The molecule has 1 aromatic rings. The highest BCUT2D eigenvalue weighted by atomic mass is 79.9. The molecule has 1 aliphatic rings. The fourth-order valence-electron chi connectivity index (χ4n) is 2.07. The molecule has 1 aliphatic heterocycles. The zero-order chi connectivity index (χ0) is 13.3. The van der Waals surface area contributed by atoms with Crippen molar-refractivity contribution in [3.05, 3.63) is 36.8 Å². The summed E-state index contributed by atoms with van der Waals surface area (Å²) < 4.78 is 0.394. The van der Waals surface area contributed by atoms with Crippen molar-refractivity contribution >= 4 is 33.0 Å². The average molecular weight is 316 g/mol. The summed E-state index contributed by atoms with van der Waals surface area (Å²) >= 11 is 3.19. The molecule has 1 fully saturated rings.